The van der Waals surface area contributed by atoms with Crippen LogP contribution in [0.2, 0.25) is 0 Å². The summed E-state index contributed by atoms with van der Waals surface area (Å²) in [6, 6.07) is 23.3. The Kier molecular flexibility index (Phi) is 9.92. The van der Waals surface area contributed by atoms with Crippen molar-refractivity contribution in [3.05, 3.63) is 129 Å². The van der Waals surface area contributed by atoms with Crippen LogP contribution in [-0.2, 0) is 23.3 Å². The number of carbonyl (C=O) groups is 3. The number of amides is 3. The summed E-state index contributed by atoms with van der Waals surface area (Å²) in [5.41, 5.74) is 2.91. The summed E-state index contributed by atoms with van der Waals surface area (Å²) in [5.74, 6) is -1.83. The molecule has 0 bridgehead atoms. The summed E-state index contributed by atoms with van der Waals surface area (Å²) in [5, 5.41) is 18.5. The Morgan fingerprint density at radius 1 is 0.935 bits per heavy atom. The molecule has 1 unspecified atom stereocenters. The van der Waals surface area contributed by atoms with Crippen LogP contribution in [0.5, 0.6) is 0 Å². The van der Waals surface area contributed by atoms with Gasteiger partial charge in [-0.1, -0.05) is 78.9 Å². The SMILES string of the molecule is Cc1cccc(C)c1C(=O)Nc1nc(=O)[nH]cc1CC(NC(=O)NC1(c2ccccc2)CCN(Cc2ccccc2)CC1)C(=O)O. The fourth-order valence-electron chi connectivity index (χ4n) is 6.04. The van der Waals surface area contributed by atoms with E-state index in [2.05, 4.69) is 43.0 Å². The second-order valence-corrected chi connectivity index (χ2v) is 11.7. The van der Waals surface area contributed by atoms with E-state index in [4.69, 9.17) is 0 Å². The predicted octanol–water partition coefficient (Wildman–Crippen LogP) is 4.13. The average molecular weight is 623 g/mol. The monoisotopic (exact) mass is 622 g/mol. The zero-order valence-electron chi connectivity index (χ0n) is 25.9. The van der Waals surface area contributed by atoms with Crippen molar-refractivity contribution >= 4 is 23.7 Å². The minimum absolute atomic E-state index is 0.0728. The van der Waals surface area contributed by atoms with Gasteiger partial charge in [-0.05, 0) is 48.9 Å². The number of rotatable bonds is 10. The van der Waals surface area contributed by atoms with Crippen molar-refractivity contribution in [3.8, 4) is 0 Å². The molecule has 11 heteroatoms. The van der Waals surface area contributed by atoms with Crippen molar-refractivity contribution in [2.45, 2.75) is 51.2 Å². The van der Waals surface area contributed by atoms with Crippen LogP contribution in [0.1, 0.15) is 51.0 Å². The number of anilines is 1. The molecule has 0 radical (unpaired) electrons. The summed E-state index contributed by atoms with van der Waals surface area (Å²) in [7, 11) is 0. The first-order valence-corrected chi connectivity index (χ1v) is 15.2. The Morgan fingerprint density at radius 3 is 2.20 bits per heavy atom. The standard InChI is InChI=1S/C35H38N6O5/c1-23-10-9-11-24(2)29(23)31(42)38-30-26(21-36-33(45)39-30)20-28(32(43)44)37-34(46)40-35(27-14-7-4-8-15-27)16-18-41(19-17-35)22-25-12-5-3-6-13-25/h3-15,21,28H,16-20,22H2,1-2H3,(H,43,44)(H2,37,40,46)(H2,36,38,39,42,45). The number of benzene rings is 3. The highest BCUT2D eigenvalue weighted by Gasteiger charge is 2.38. The zero-order chi connectivity index (χ0) is 32.7. The van der Waals surface area contributed by atoms with Crippen LogP contribution in [0, 0.1) is 13.8 Å². The number of aryl methyl sites for hydroxylation is 2. The summed E-state index contributed by atoms with van der Waals surface area (Å²) in [4.78, 5) is 59.8. The summed E-state index contributed by atoms with van der Waals surface area (Å²) in [6.07, 6.45) is 2.33. The van der Waals surface area contributed by atoms with Crippen molar-refractivity contribution in [2.24, 2.45) is 0 Å². The molecule has 4 aromatic rings. The summed E-state index contributed by atoms with van der Waals surface area (Å²) in [6.45, 7) is 5.87. The summed E-state index contributed by atoms with van der Waals surface area (Å²) >= 11 is 0. The van der Waals surface area contributed by atoms with Gasteiger partial charge in [0.15, 0.2) is 0 Å². The first-order valence-electron chi connectivity index (χ1n) is 15.2. The van der Waals surface area contributed by atoms with E-state index in [9.17, 15) is 24.3 Å². The lowest BCUT2D eigenvalue weighted by molar-refractivity contribution is -0.139. The molecule has 1 saturated heterocycles. The van der Waals surface area contributed by atoms with Gasteiger partial charge in [0.25, 0.3) is 5.91 Å². The molecule has 1 aromatic heterocycles. The molecule has 46 heavy (non-hydrogen) atoms. The van der Waals surface area contributed by atoms with Gasteiger partial charge in [0, 0.05) is 43.4 Å². The van der Waals surface area contributed by atoms with Gasteiger partial charge < -0.3 is 26.0 Å². The smallest absolute Gasteiger partial charge is 0.346 e. The third kappa shape index (κ3) is 7.67. The predicted molar refractivity (Wildman–Crippen MR) is 175 cm³/mol. The van der Waals surface area contributed by atoms with Crippen molar-refractivity contribution in [1.29, 1.82) is 0 Å². The van der Waals surface area contributed by atoms with E-state index in [1.54, 1.807) is 26.0 Å². The number of hydrogen-bond donors (Lipinski definition) is 5. The van der Waals surface area contributed by atoms with Gasteiger partial charge in [-0.2, -0.15) is 4.98 Å². The van der Waals surface area contributed by atoms with Crippen molar-refractivity contribution < 1.29 is 19.5 Å². The molecule has 5 rings (SSSR count). The Balaban J connectivity index is 1.31. The third-order valence-electron chi connectivity index (χ3n) is 8.49. The van der Waals surface area contributed by atoms with Crippen LogP contribution in [0.4, 0.5) is 10.6 Å². The molecule has 1 aliphatic rings. The molecule has 2 heterocycles. The van der Waals surface area contributed by atoms with Crippen LogP contribution < -0.4 is 21.6 Å². The molecule has 0 saturated carbocycles. The van der Waals surface area contributed by atoms with E-state index in [-0.39, 0.29) is 17.8 Å². The Labute approximate surface area is 267 Å². The van der Waals surface area contributed by atoms with Crippen LogP contribution in [0.25, 0.3) is 0 Å². The molecule has 0 spiro atoms. The van der Waals surface area contributed by atoms with E-state index >= 15 is 0 Å². The Bertz CT molecular complexity index is 1730. The highest BCUT2D eigenvalue weighted by molar-refractivity contribution is 6.06. The molecule has 1 fully saturated rings. The maximum atomic E-state index is 13.5. The number of aliphatic carboxylic acids is 1. The molecule has 5 N–H and O–H groups in total. The number of aromatic amines is 1. The first kappa shape index (κ1) is 32.1. The van der Waals surface area contributed by atoms with Crippen molar-refractivity contribution in [1.82, 2.24) is 25.5 Å². The van der Waals surface area contributed by atoms with Gasteiger partial charge in [-0.15, -0.1) is 0 Å². The lowest BCUT2D eigenvalue weighted by Gasteiger charge is -2.43. The lowest BCUT2D eigenvalue weighted by Crippen LogP contribution is -2.57. The van der Waals surface area contributed by atoms with Crippen LogP contribution >= 0.6 is 0 Å². The number of carbonyl (C=O) groups excluding carboxylic acids is 2. The van der Waals surface area contributed by atoms with Gasteiger partial charge >= 0.3 is 17.7 Å². The second kappa shape index (κ2) is 14.2. The molecule has 0 aliphatic carbocycles. The third-order valence-corrected chi connectivity index (χ3v) is 8.49. The molecule has 1 atom stereocenters. The highest BCUT2D eigenvalue weighted by Crippen LogP contribution is 2.33. The number of piperidine rings is 1. The molecule has 11 nitrogen and oxygen atoms in total. The number of carboxylic acid groups (broad SMARTS) is 1. The number of nitrogens with zero attached hydrogens (tertiary/aromatic N) is 2. The van der Waals surface area contributed by atoms with Crippen LogP contribution in [0.15, 0.2) is 89.9 Å². The van der Waals surface area contributed by atoms with Gasteiger partial charge in [0.05, 0.1) is 5.54 Å². The maximum absolute atomic E-state index is 13.5. The molecular weight excluding hydrogens is 584 g/mol. The fraction of sp³-hybridized carbons (Fsp3) is 0.286. The minimum atomic E-state index is -1.38. The average Bonchev–Trinajstić information content (AvgIpc) is 3.03. The number of likely N-dealkylation sites (tertiary alicyclic amines) is 1. The Hall–Kier alpha value is -5.29. The van der Waals surface area contributed by atoms with Crippen LogP contribution in [0.3, 0.4) is 0 Å². The van der Waals surface area contributed by atoms with E-state index in [0.717, 1.165) is 36.3 Å². The maximum Gasteiger partial charge on any atom is 0.346 e. The zero-order valence-corrected chi connectivity index (χ0v) is 25.9. The number of hydrogen-bond acceptors (Lipinski definition) is 6. The van der Waals surface area contributed by atoms with Crippen LogP contribution in [-0.4, -0.2) is 57.0 Å². The number of aromatic nitrogens is 2. The van der Waals surface area contributed by atoms with Gasteiger partial charge in [0.1, 0.15) is 11.9 Å². The number of nitrogens with one attached hydrogen (secondary N) is 4. The quantitative estimate of drug-likeness (QED) is 0.178. The largest absolute Gasteiger partial charge is 0.480 e. The first-order chi connectivity index (χ1) is 22.1. The van der Waals surface area contributed by atoms with Crippen molar-refractivity contribution in [2.75, 3.05) is 18.4 Å². The summed E-state index contributed by atoms with van der Waals surface area (Å²) < 4.78 is 0. The second-order valence-electron chi connectivity index (χ2n) is 11.7. The Morgan fingerprint density at radius 2 is 1.57 bits per heavy atom. The van der Waals surface area contributed by atoms with Gasteiger partial charge in [-0.3, -0.25) is 9.69 Å². The molecule has 3 amide bonds. The van der Waals surface area contributed by atoms with Gasteiger partial charge in [0.2, 0.25) is 0 Å². The molecule has 238 valence electrons. The van der Waals surface area contributed by atoms with E-state index in [1.165, 1.54) is 11.8 Å². The van der Waals surface area contributed by atoms with E-state index in [0.29, 0.717) is 18.4 Å². The highest BCUT2D eigenvalue weighted by atomic mass is 16.4. The number of urea groups is 1. The minimum Gasteiger partial charge on any atom is -0.480 e. The topological polar surface area (TPSA) is 157 Å². The number of carboxylic acids is 1. The fourth-order valence-corrected chi connectivity index (χ4v) is 6.04. The number of H-pyrrole nitrogens is 1. The van der Waals surface area contributed by atoms with Crippen molar-refractivity contribution in [3.63, 3.8) is 0 Å². The molecule has 1 aliphatic heterocycles. The van der Waals surface area contributed by atoms with Gasteiger partial charge in [-0.25, -0.2) is 14.4 Å². The normalized spacial score (nSPS) is 15.0. The molecular formula is C35H38N6O5. The van der Waals surface area contributed by atoms with E-state index in [1.807, 2.05) is 54.6 Å². The van der Waals surface area contributed by atoms with E-state index < -0.39 is 35.2 Å². The lowest BCUT2D eigenvalue weighted by atomic mass is 9.80. The molecule has 3 aromatic carbocycles.